The Hall–Kier alpha value is -2.76. The SMILES string of the molecule is CC(C)C(c1ccc(C(=O)NO)cc1)[N+]1(Cc2ccccc2)C=CC(C(C)(C)C)=N1. The second-order valence-corrected chi connectivity index (χ2v) is 9.33. The van der Waals surface area contributed by atoms with E-state index in [1.165, 1.54) is 5.56 Å². The molecule has 0 aliphatic carbocycles. The van der Waals surface area contributed by atoms with Gasteiger partial charge in [-0.3, -0.25) is 10.0 Å². The first kappa shape index (κ1) is 21.9. The van der Waals surface area contributed by atoms with Crippen LogP contribution in [0.2, 0.25) is 0 Å². The van der Waals surface area contributed by atoms with Gasteiger partial charge in [0.1, 0.15) is 24.5 Å². The molecule has 0 aromatic heterocycles. The minimum absolute atomic E-state index is 0.0439. The lowest BCUT2D eigenvalue weighted by Crippen LogP contribution is -2.42. The molecule has 0 fully saturated rings. The molecule has 2 aromatic carbocycles. The molecule has 1 aliphatic heterocycles. The Bertz CT molecular complexity index is 941. The van der Waals surface area contributed by atoms with E-state index in [2.05, 4.69) is 71.2 Å². The van der Waals surface area contributed by atoms with Crippen LogP contribution in [0.4, 0.5) is 0 Å². The van der Waals surface area contributed by atoms with Crippen LogP contribution in [0.25, 0.3) is 0 Å². The van der Waals surface area contributed by atoms with E-state index in [0.717, 1.165) is 17.8 Å². The van der Waals surface area contributed by atoms with E-state index in [4.69, 9.17) is 10.3 Å². The third-order valence-electron chi connectivity index (χ3n) is 5.56. The summed E-state index contributed by atoms with van der Waals surface area (Å²) in [5.41, 5.74) is 5.49. The quantitative estimate of drug-likeness (QED) is 0.381. The van der Waals surface area contributed by atoms with E-state index in [1.54, 1.807) is 17.6 Å². The van der Waals surface area contributed by atoms with Crippen LogP contribution in [-0.2, 0) is 6.54 Å². The van der Waals surface area contributed by atoms with E-state index in [1.807, 2.05) is 18.2 Å². The van der Waals surface area contributed by atoms with Gasteiger partial charge in [-0.2, -0.15) is 4.59 Å². The molecule has 1 aliphatic rings. The average Bonchev–Trinajstić information content (AvgIpc) is 3.13. The standard InChI is InChI=1S/C25H31N3O2/c1-18(2)23(20-11-13-21(14-12-20)24(29)27-30)28(17-19-9-7-6-8-10-19)16-15-22(26-28)25(3,4)5/h6-16,18,23H,17H2,1-5H3,(H-,27,29,30)/p+1. The highest BCUT2D eigenvalue weighted by molar-refractivity contribution is 5.99. The number of benzene rings is 2. The molecule has 0 radical (unpaired) electrons. The Labute approximate surface area is 179 Å². The zero-order valence-electron chi connectivity index (χ0n) is 18.5. The molecular weight excluding hydrogens is 374 g/mol. The molecule has 0 saturated heterocycles. The minimum atomic E-state index is -0.509. The molecule has 1 amide bonds. The Kier molecular flexibility index (Phi) is 6.25. The van der Waals surface area contributed by atoms with Crippen molar-refractivity contribution in [3.05, 3.63) is 83.6 Å². The van der Waals surface area contributed by atoms with Crippen LogP contribution in [0.3, 0.4) is 0 Å². The van der Waals surface area contributed by atoms with Gasteiger partial charge in [0.15, 0.2) is 0 Å². The molecule has 5 nitrogen and oxygen atoms in total. The maximum Gasteiger partial charge on any atom is 0.274 e. The molecule has 3 rings (SSSR count). The molecule has 5 heteroatoms. The van der Waals surface area contributed by atoms with Gasteiger partial charge in [-0.05, 0) is 12.1 Å². The fourth-order valence-corrected chi connectivity index (χ4v) is 4.14. The summed E-state index contributed by atoms with van der Waals surface area (Å²) in [6.07, 6.45) is 4.37. The smallest absolute Gasteiger partial charge is 0.274 e. The molecule has 30 heavy (non-hydrogen) atoms. The molecule has 0 bridgehead atoms. The molecule has 158 valence electrons. The number of carbonyl (C=O) groups excluding carboxylic acids is 1. The lowest BCUT2D eigenvalue weighted by Gasteiger charge is -2.37. The third kappa shape index (κ3) is 4.53. The second kappa shape index (κ2) is 8.54. The molecule has 0 spiro atoms. The Morgan fingerprint density at radius 3 is 2.20 bits per heavy atom. The summed E-state index contributed by atoms with van der Waals surface area (Å²) in [5.74, 6) is -0.205. The van der Waals surface area contributed by atoms with Gasteiger partial charge in [-0.15, -0.1) is 0 Å². The van der Waals surface area contributed by atoms with E-state index in [0.29, 0.717) is 16.1 Å². The van der Waals surface area contributed by atoms with Crippen LogP contribution < -0.4 is 5.48 Å². The zero-order chi connectivity index (χ0) is 21.9. The topological polar surface area (TPSA) is 61.7 Å². The van der Waals surface area contributed by atoms with Gasteiger partial charge in [0.05, 0.1) is 0 Å². The summed E-state index contributed by atoms with van der Waals surface area (Å²) in [7, 11) is 0. The summed E-state index contributed by atoms with van der Waals surface area (Å²) in [6.45, 7) is 11.7. The summed E-state index contributed by atoms with van der Waals surface area (Å²) < 4.78 is 0.458. The number of allylic oxidation sites excluding steroid dienone is 1. The zero-order valence-corrected chi connectivity index (χ0v) is 18.5. The molecule has 2 atom stereocenters. The number of rotatable bonds is 6. The first-order chi connectivity index (χ1) is 14.2. The van der Waals surface area contributed by atoms with Crippen LogP contribution >= 0.6 is 0 Å². The van der Waals surface area contributed by atoms with Gasteiger partial charge in [-0.1, -0.05) is 82.2 Å². The number of hydroxylamine groups is 1. The highest BCUT2D eigenvalue weighted by atomic mass is 16.5. The largest absolute Gasteiger partial charge is 0.288 e. The van der Waals surface area contributed by atoms with Crippen LogP contribution in [-0.4, -0.2) is 21.4 Å². The van der Waals surface area contributed by atoms with E-state index in [9.17, 15) is 4.79 Å². The predicted molar refractivity (Wildman–Crippen MR) is 120 cm³/mol. The first-order valence-electron chi connectivity index (χ1n) is 10.4. The van der Waals surface area contributed by atoms with Crippen molar-refractivity contribution in [3.63, 3.8) is 0 Å². The number of carbonyl (C=O) groups is 1. The summed E-state index contributed by atoms with van der Waals surface area (Å²) in [4.78, 5) is 11.7. The third-order valence-corrected chi connectivity index (χ3v) is 5.56. The lowest BCUT2D eigenvalue weighted by molar-refractivity contribution is -0.931. The van der Waals surface area contributed by atoms with E-state index < -0.39 is 5.91 Å². The summed E-state index contributed by atoms with van der Waals surface area (Å²) in [5, 5.41) is 14.2. The Morgan fingerprint density at radius 1 is 1.07 bits per heavy atom. The number of amides is 1. The van der Waals surface area contributed by atoms with Gasteiger partial charge in [0.25, 0.3) is 5.91 Å². The number of hydrogen-bond donors (Lipinski definition) is 2. The fourth-order valence-electron chi connectivity index (χ4n) is 4.14. The summed E-state index contributed by atoms with van der Waals surface area (Å²) >= 11 is 0. The fraction of sp³-hybridized carbons (Fsp3) is 0.360. The second-order valence-electron chi connectivity index (χ2n) is 9.33. The van der Waals surface area contributed by atoms with Crippen molar-refractivity contribution in [2.24, 2.45) is 16.4 Å². The van der Waals surface area contributed by atoms with Crippen molar-refractivity contribution in [1.82, 2.24) is 5.48 Å². The predicted octanol–water partition coefficient (Wildman–Crippen LogP) is 5.45. The van der Waals surface area contributed by atoms with Crippen molar-refractivity contribution in [2.75, 3.05) is 0 Å². The number of nitrogens with one attached hydrogen (secondary N) is 1. The van der Waals surface area contributed by atoms with E-state index in [-0.39, 0.29) is 11.5 Å². The first-order valence-corrected chi connectivity index (χ1v) is 10.4. The maximum atomic E-state index is 11.7. The van der Waals surface area contributed by atoms with Crippen LogP contribution in [0.15, 0.2) is 72.0 Å². The van der Waals surface area contributed by atoms with Crippen LogP contribution in [0, 0.1) is 11.3 Å². The van der Waals surface area contributed by atoms with Gasteiger partial charge in [0.2, 0.25) is 0 Å². The van der Waals surface area contributed by atoms with Crippen LogP contribution in [0.1, 0.15) is 62.1 Å². The molecule has 2 N–H and O–H groups in total. The van der Waals surface area contributed by atoms with Crippen molar-refractivity contribution in [3.8, 4) is 0 Å². The monoisotopic (exact) mass is 406 g/mol. The molecule has 2 aromatic rings. The van der Waals surface area contributed by atoms with Gasteiger partial charge in [0, 0.05) is 34.1 Å². The van der Waals surface area contributed by atoms with Crippen LogP contribution in [0.5, 0.6) is 0 Å². The highest BCUT2D eigenvalue weighted by Crippen LogP contribution is 2.42. The van der Waals surface area contributed by atoms with E-state index >= 15 is 0 Å². The highest BCUT2D eigenvalue weighted by Gasteiger charge is 2.44. The van der Waals surface area contributed by atoms with Gasteiger partial charge in [-0.25, -0.2) is 5.48 Å². The van der Waals surface area contributed by atoms with Crippen molar-refractivity contribution in [2.45, 2.75) is 47.2 Å². The minimum Gasteiger partial charge on any atom is -0.288 e. The van der Waals surface area contributed by atoms with Crippen molar-refractivity contribution < 1.29 is 14.6 Å². The lowest BCUT2D eigenvalue weighted by atomic mass is 9.90. The maximum absolute atomic E-state index is 11.7. The van der Waals surface area contributed by atoms with Gasteiger partial charge >= 0.3 is 0 Å². The van der Waals surface area contributed by atoms with Crippen molar-refractivity contribution >= 4 is 11.6 Å². The number of quaternary nitrogens is 1. The average molecular weight is 407 g/mol. The Morgan fingerprint density at radius 2 is 1.70 bits per heavy atom. The van der Waals surface area contributed by atoms with Gasteiger partial charge < -0.3 is 0 Å². The molecule has 2 unspecified atom stereocenters. The molecule has 1 heterocycles. The molecule has 0 saturated carbocycles. The van der Waals surface area contributed by atoms with Crippen molar-refractivity contribution in [1.29, 1.82) is 0 Å². The number of hydrogen-bond acceptors (Lipinski definition) is 3. The molecular formula is C25H32N3O2+. The summed E-state index contributed by atoms with van der Waals surface area (Å²) in [6, 6.07) is 18.0. The number of nitrogens with zero attached hydrogens (tertiary/aromatic N) is 2. The Balaban J connectivity index is 2.09. The normalized spacial score (nSPS) is 19.6.